The van der Waals surface area contributed by atoms with E-state index in [-0.39, 0.29) is 11.9 Å². The van der Waals surface area contributed by atoms with Crippen LogP contribution in [0.2, 0.25) is 0 Å². The first kappa shape index (κ1) is 20.9. The third kappa shape index (κ3) is 3.61. The van der Waals surface area contributed by atoms with Crippen molar-refractivity contribution in [3.8, 4) is 5.75 Å². The van der Waals surface area contributed by atoms with Gasteiger partial charge in [0.15, 0.2) is 0 Å². The van der Waals surface area contributed by atoms with Crippen molar-refractivity contribution in [3.63, 3.8) is 0 Å². The molecule has 4 rings (SSSR count). The highest BCUT2D eigenvalue weighted by Gasteiger charge is 2.34. The monoisotopic (exact) mass is 428 g/mol. The molecule has 0 aromatic heterocycles. The van der Waals surface area contributed by atoms with Crippen LogP contribution in [0.3, 0.4) is 0 Å². The van der Waals surface area contributed by atoms with E-state index in [0.717, 1.165) is 41.8 Å². The highest BCUT2D eigenvalue weighted by atomic mass is 32.2. The molecule has 0 radical (unpaired) electrons. The summed E-state index contributed by atoms with van der Waals surface area (Å²) in [4.78, 5) is 15.4. The van der Waals surface area contributed by atoms with Gasteiger partial charge in [-0.1, -0.05) is 6.42 Å². The predicted molar refractivity (Wildman–Crippen MR) is 117 cm³/mol. The van der Waals surface area contributed by atoms with E-state index in [0.29, 0.717) is 30.0 Å². The molecular weight excluding hydrogens is 400 g/mol. The van der Waals surface area contributed by atoms with Gasteiger partial charge in [0.05, 0.1) is 12.0 Å². The van der Waals surface area contributed by atoms with Gasteiger partial charge in [0.2, 0.25) is 10.0 Å². The van der Waals surface area contributed by atoms with E-state index >= 15 is 0 Å². The molecular formula is C23H28N2O4S. The van der Waals surface area contributed by atoms with Crippen LogP contribution in [0.4, 0.5) is 5.69 Å². The van der Waals surface area contributed by atoms with Gasteiger partial charge in [0.25, 0.3) is 5.91 Å². The Labute approximate surface area is 178 Å². The van der Waals surface area contributed by atoms with Crippen molar-refractivity contribution in [2.24, 2.45) is 0 Å². The Bertz CT molecular complexity index is 1070. The number of ether oxygens (including phenoxy) is 1. The molecule has 1 amide bonds. The molecule has 7 heteroatoms. The molecule has 2 aliphatic rings. The topological polar surface area (TPSA) is 66.9 Å². The Kier molecular flexibility index (Phi) is 5.59. The molecule has 0 aliphatic carbocycles. The Morgan fingerprint density at radius 1 is 1.07 bits per heavy atom. The number of sulfonamides is 1. The standard InChI is InChI=1S/C23H28N2O4S/c1-16-13-18(7-10-22(16)29-3)23(26)25-17(2)14-19-15-20(8-9-21(19)25)30(27,28)24-11-5-4-6-12-24/h7-10,13,15,17H,4-6,11-12,14H2,1-3H3. The van der Waals surface area contributed by atoms with Crippen molar-refractivity contribution < 1.29 is 17.9 Å². The van der Waals surface area contributed by atoms with Gasteiger partial charge >= 0.3 is 0 Å². The molecule has 2 heterocycles. The number of aryl methyl sites for hydroxylation is 1. The normalized spacial score (nSPS) is 19.6. The number of carbonyl (C=O) groups excluding carboxylic acids is 1. The number of hydrogen-bond acceptors (Lipinski definition) is 4. The number of carbonyl (C=O) groups is 1. The summed E-state index contributed by atoms with van der Waals surface area (Å²) in [5.41, 5.74) is 3.19. The van der Waals surface area contributed by atoms with Crippen LogP contribution in [-0.4, -0.2) is 44.9 Å². The third-order valence-corrected chi connectivity index (χ3v) is 7.97. The van der Waals surface area contributed by atoms with Crippen LogP contribution in [0.25, 0.3) is 0 Å². The summed E-state index contributed by atoms with van der Waals surface area (Å²) in [6.45, 7) is 5.07. The second-order valence-corrected chi connectivity index (χ2v) is 10.1. The van der Waals surface area contributed by atoms with Gasteiger partial charge in [-0.05, 0) is 80.6 Å². The number of anilines is 1. The summed E-state index contributed by atoms with van der Waals surface area (Å²) in [5.74, 6) is 0.660. The Morgan fingerprint density at radius 3 is 2.47 bits per heavy atom. The maximum atomic E-state index is 13.3. The fourth-order valence-electron chi connectivity index (χ4n) is 4.48. The average molecular weight is 429 g/mol. The van der Waals surface area contributed by atoms with Gasteiger partial charge in [-0.25, -0.2) is 8.42 Å². The summed E-state index contributed by atoms with van der Waals surface area (Å²) in [6.07, 6.45) is 3.53. The number of hydrogen-bond donors (Lipinski definition) is 0. The van der Waals surface area contributed by atoms with E-state index in [2.05, 4.69) is 0 Å². The molecule has 0 saturated carbocycles. The quantitative estimate of drug-likeness (QED) is 0.744. The zero-order valence-electron chi connectivity index (χ0n) is 17.7. The maximum Gasteiger partial charge on any atom is 0.258 e. The molecule has 160 valence electrons. The molecule has 1 atom stereocenters. The fourth-order valence-corrected chi connectivity index (χ4v) is 6.05. The van der Waals surface area contributed by atoms with Crippen LogP contribution in [0.15, 0.2) is 41.3 Å². The Balaban J connectivity index is 1.64. The van der Waals surface area contributed by atoms with Crippen molar-refractivity contribution in [1.82, 2.24) is 4.31 Å². The smallest absolute Gasteiger partial charge is 0.258 e. The fraction of sp³-hybridized carbons (Fsp3) is 0.435. The van der Waals surface area contributed by atoms with Crippen LogP contribution in [0.5, 0.6) is 5.75 Å². The molecule has 0 N–H and O–H groups in total. The lowest BCUT2D eigenvalue weighted by atomic mass is 10.1. The van der Waals surface area contributed by atoms with Gasteiger partial charge in [0.1, 0.15) is 5.75 Å². The first-order valence-corrected chi connectivity index (χ1v) is 11.9. The van der Waals surface area contributed by atoms with Gasteiger partial charge in [-0.15, -0.1) is 0 Å². The molecule has 1 unspecified atom stereocenters. The van der Waals surface area contributed by atoms with E-state index in [1.165, 1.54) is 0 Å². The Hall–Kier alpha value is -2.38. The summed E-state index contributed by atoms with van der Waals surface area (Å²) < 4.78 is 32.9. The summed E-state index contributed by atoms with van der Waals surface area (Å²) in [7, 11) is -1.88. The van der Waals surface area contributed by atoms with Gasteiger partial charge in [-0.3, -0.25) is 4.79 Å². The largest absolute Gasteiger partial charge is 0.496 e. The molecule has 2 aliphatic heterocycles. The number of nitrogens with zero attached hydrogens (tertiary/aromatic N) is 2. The van der Waals surface area contributed by atoms with E-state index in [1.54, 1.807) is 46.6 Å². The SMILES string of the molecule is COc1ccc(C(=O)N2c3ccc(S(=O)(=O)N4CCCCC4)cc3CC2C)cc1C. The molecule has 1 fully saturated rings. The van der Waals surface area contributed by atoms with E-state index in [4.69, 9.17) is 4.74 Å². The molecule has 0 spiro atoms. The highest BCUT2D eigenvalue weighted by molar-refractivity contribution is 7.89. The summed E-state index contributed by atoms with van der Waals surface area (Å²) in [6, 6.07) is 10.5. The molecule has 1 saturated heterocycles. The number of rotatable bonds is 4. The van der Waals surface area contributed by atoms with Gasteiger partial charge in [0, 0.05) is 30.4 Å². The number of amides is 1. The molecule has 6 nitrogen and oxygen atoms in total. The summed E-state index contributed by atoms with van der Waals surface area (Å²) in [5, 5.41) is 0. The number of benzene rings is 2. The van der Waals surface area contributed by atoms with E-state index in [1.807, 2.05) is 19.9 Å². The third-order valence-electron chi connectivity index (χ3n) is 6.08. The predicted octanol–water partition coefficient (Wildman–Crippen LogP) is 3.77. The minimum atomic E-state index is -3.49. The zero-order valence-corrected chi connectivity index (χ0v) is 18.5. The van der Waals surface area contributed by atoms with Crippen molar-refractivity contribution in [2.75, 3.05) is 25.1 Å². The first-order valence-electron chi connectivity index (χ1n) is 10.4. The highest BCUT2D eigenvalue weighted by Crippen LogP contribution is 2.36. The lowest BCUT2D eigenvalue weighted by Gasteiger charge is -2.26. The lowest BCUT2D eigenvalue weighted by Crippen LogP contribution is -2.36. The van der Waals surface area contributed by atoms with E-state index < -0.39 is 10.0 Å². The van der Waals surface area contributed by atoms with E-state index in [9.17, 15) is 13.2 Å². The van der Waals surface area contributed by atoms with Gasteiger partial charge < -0.3 is 9.64 Å². The van der Waals surface area contributed by atoms with Crippen LogP contribution in [0, 0.1) is 6.92 Å². The minimum absolute atomic E-state index is 0.0390. The van der Waals surface area contributed by atoms with Crippen molar-refractivity contribution >= 4 is 21.6 Å². The molecule has 2 aromatic carbocycles. The van der Waals surface area contributed by atoms with Crippen molar-refractivity contribution in [1.29, 1.82) is 0 Å². The van der Waals surface area contributed by atoms with Crippen LogP contribution in [0.1, 0.15) is 47.7 Å². The lowest BCUT2D eigenvalue weighted by molar-refractivity contribution is 0.0981. The van der Waals surface area contributed by atoms with Crippen LogP contribution >= 0.6 is 0 Å². The summed E-state index contributed by atoms with van der Waals surface area (Å²) >= 11 is 0. The molecule has 30 heavy (non-hydrogen) atoms. The molecule has 2 aromatic rings. The maximum absolute atomic E-state index is 13.3. The second kappa shape index (κ2) is 8.04. The van der Waals surface area contributed by atoms with Crippen LogP contribution in [-0.2, 0) is 16.4 Å². The number of fused-ring (bicyclic) bond motifs is 1. The zero-order chi connectivity index (χ0) is 21.5. The number of methoxy groups -OCH3 is 1. The van der Waals surface area contributed by atoms with Crippen molar-refractivity contribution in [3.05, 3.63) is 53.1 Å². The first-order chi connectivity index (χ1) is 14.3. The minimum Gasteiger partial charge on any atom is -0.496 e. The van der Waals surface area contributed by atoms with Crippen LogP contribution < -0.4 is 9.64 Å². The number of piperidine rings is 1. The van der Waals surface area contributed by atoms with Crippen molar-refractivity contribution in [2.45, 2.75) is 50.5 Å². The average Bonchev–Trinajstić information content (AvgIpc) is 3.08. The molecule has 0 bridgehead atoms. The second-order valence-electron chi connectivity index (χ2n) is 8.17. The van der Waals surface area contributed by atoms with Gasteiger partial charge in [-0.2, -0.15) is 4.31 Å². The Morgan fingerprint density at radius 2 is 1.80 bits per heavy atom.